The number of nitrogens with zero attached hydrogens (tertiary/aromatic N) is 1. The Labute approximate surface area is 142 Å². The van der Waals surface area contributed by atoms with E-state index >= 15 is 0 Å². The van der Waals surface area contributed by atoms with Gasteiger partial charge in [0.2, 0.25) is 0 Å². The number of aliphatic carboxylic acids is 1. The summed E-state index contributed by atoms with van der Waals surface area (Å²) in [5.41, 5.74) is 1.02. The number of hydrogen-bond donors (Lipinski definition) is 2. The lowest BCUT2D eigenvalue weighted by molar-refractivity contribution is -0.137. The zero-order valence-corrected chi connectivity index (χ0v) is 14.4. The number of rotatable bonds is 7. The predicted octanol–water partition coefficient (Wildman–Crippen LogP) is 2.62. The molecule has 0 spiro atoms. The van der Waals surface area contributed by atoms with E-state index < -0.39 is 5.97 Å². The molecule has 132 valence electrons. The lowest BCUT2D eigenvalue weighted by Crippen LogP contribution is -2.45. The van der Waals surface area contributed by atoms with E-state index in [0.29, 0.717) is 6.54 Å². The lowest BCUT2D eigenvalue weighted by atomic mass is 9.78. The second-order valence-electron chi connectivity index (χ2n) is 6.41. The van der Waals surface area contributed by atoms with Crippen molar-refractivity contribution in [1.29, 1.82) is 0 Å². The van der Waals surface area contributed by atoms with E-state index in [1.54, 1.807) is 14.2 Å². The molecule has 2 N–H and O–H groups in total. The summed E-state index contributed by atoms with van der Waals surface area (Å²) in [7, 11) is 3.28. The molecule has 0 bridgehead atoms. The summed E-state index contributed by atoms with van der Waals surface area (Å²) in [6.45, 7) is 0.729. The zero-order chi connectivity index (χ0) is 17.6. The monoisotopic (exact) mass is 334 g/mol. The van der Waals surface area contributed by atoms with E-state index in [2.05, 4.69) is 11.4 Å². The van der Waals surface area contributed by atoms with Crippen LogP contribution in [0.3, 0.4) is 0 Å². The van der Waals surface area contributed by atoms with Crippen molar-refractivity contribution in [2.24, 2.45) is 0 Å². The molecular formula is C18H26N2O4. The van der Waals surface area contributed by atoms with E-state index in [1.807, 2.05) is 18.2 Å². The maximum atomic E-state index is 12.2. The lowest BCUT2D eigenvalue weighted by Gasteiger charge is -2.32. The number of carbonyl (C=O) groups is 2. The number of ether oxygens (including phenoxy) is 1. The minimum Gasteiger partial charge on any atom is -0.496 e. The molecule has 2 amide bonds. The number of carbonyl (C=O) groups excluding carboxylic acids is 1. The molecule has 1 fully saturated rings. The zero-order valence-electron chi connectivity index (χ0n) is 14.4. The Morgan fingerprint density at radius 3 is 2.58 bits per heavy atom. The molecule has 0 aliphatic heterocycles. The summed E-state index contributed by atoms with van der Waals surface area (Å²) in [4.78, 5) is 24.3. The Morgan fingerprint density at radius 1 is 1.29 bits per heavy atom. The van der Waals surface area contributed by atoms with E-state index in [0.717, 1.165) is 37.0 Å². The molecular weight excluding hydrogens is 308 g/mol. The highest BCUT2D eigenvalue weighted by atomic mass is 16.5. The minimum atomic E-state index is -0.907. The summed E-state index contributed by atoms with van der Waals surface area (Å²) in [6.07, 6.45) is 4.21. The fourth-order valence-electron chi connectivity index (χ4n) is 3.42. The average molecular weight is 334 g/mol. The first-order valence-corrected chi connectivity index (χ1v) is 8.33. The second-order valence-corrected chi connectivity index (χ2v) is 6.41. The van der Waals surface area contributed by atoms with E-state index in [-0.39, 0.29) is 24.4 Å². The second kappa shape index (κ2) is 8.04. The van der Waals surface area contributed by atoms with E-state index in [4.69, 9.17) is 9.84 Å². The van der Waals surface area contributed by atoms with Crippen LogP contribution in [-0.4, -0.2) is 49.3 Å². The highest BCUT2D eigenvalue weighted by Crippen LogP contribution is 2.44. The maximum Gasteiger partial charge on any atom is 0.317 e. The van der Waals surface area contributed by atoms with Crippen LogP contribution >= 0.6 is 0 Å². The fourth-order valence-corrected chi connectivity index (χ4v) is 3.42. The normalized spacial score (nSPS) is 15.8. The van der Waals surface area contributed by atoms with Crippen LogP contribution in [0.25, 0.3) is 0 Å². The molecule has 6 nitrogen and oxygen atoms in total. The van der Waals surface area contributed by atoms with Crippen molar-refractivity contribution in [2.75, 3.05) is 27.2 Å². The van der Waals surface area contributed by atoms with Gasteiger partial charge in [-0.2, -0.15) is 0 Å². The van der Waals surface area contributed by atoms with Crippen molar-refractivity contribution in [2.45, 2.75) is 37.5 Å². The first-order chi connectivity index (χ1) is 11.5. The highest BCUT2D eigenvalue weighted by molar-refractivity contribution is 5.75. The van der Waals surface area contributed by atoms with E-state index in [9.17, 15) is 9.59 Å². The standard InChI is InChI=1S/C18H26N2O4/c1-20(12-9-16(21)22)17(23)19-13-18(10-5-6-11-18)14-7-3-4-8-15(14)24-2/h3-4,7-8H,5-6,9-13H2,1-2H3,(H,19,23)(H,21,22). The van der Waals surface area contributed by atoms with Gasteiger partial charge in [0.1, 0.15) is 5.75 Å². The summed E-state index contributed by atoms with van der Waals surface area (Å²) < 4.78 is 5.51. The van der Waals surface area contributed by atoms with Gasteiger partial charge >= 0.3 is 12.0 Å². The van der Waals surface area contributed by atoms with Crippen molar-refractivity contribution in [3.63, 3.8) is 0 Å². The number of amides is 2. The fraction of sp³-hybridized carbons (Fsp3) is 0.556. The van der Waals surface area contributed by atoms with Crippen molar-refractivity contribution < 1.29 is 19.4 Å². The number of benzene rings is 1. The smallest absolute Gasteiger partial charge is 0.317 e. The molecule has 1 aromatic carbocycles. The molecule has 2 rings (SSSR count). The molecule has 1 aromatic rings. The third-order valence-electron chi connectivity index (χ3n) is 4.82. The van der Waals surface area contributed by atoms with Gasteiger partial charge in [0.15, 0.2) is 0 Å². The topological polar surface area (TPSA) is 78.9 Å². The Balaban J connectivity index is 2.06. The number of hydrogen-bond acceptors (Lipinski definition) is 3. The Morgan fingerprint density at radius 2 is 1.96 bits per heavy atom. The maximum absolute atomic E-state index is 12.2. The molecule has 0 aromatic heterocycles. The van der Waals surface area contributed by atoms with Crippen molar-refractivity contribution in [3.05, 3.63) is 29.8 Å². The molecule has 24 heavy (non-hydrogen) atoms. The number of carboxylic acid groups (broad SMARTS) is 1. The first-order valence-electron chi connectivity index (χ1n) is 8.33. The predicted molar refractivity (Wildman–Crippen MR) is 91.4 cm³/mol. The van der Waals surface area contributed by atoms with Crippen molar-refractivity contribution in [1.82, 2.24) is 10.2 Å². The summed E-state index contributed by atoms with van der Waals surface area (Å²) >= 11 is 0. The SMILES string of the molecule is COc1ccccc1C1(CNC(=O)N(C)CCC(=O)O)CCCC1. The number of nitrogens with one attached hydrogen (secondary N) is 1. The van der Waals surface area contributed by atoms with Crippen LogP contribution in [0.2, 0.25) is 0 Å². The summed E-state index contributed by atoms with van der Waals surface area (Å²) in [6, 6.07) is 7.74. The first kappa shape index (κ1) is 18.1. The number of carboxylic acids is 1. The minimum absolute atomic E-state index is 0.0540. The molecule has 0 saturated heterocycles. The molecule has 6 heteroatoms. The third-order valence-corrected chi connectivity index (χ3v) is 4.82. The van der Waals surface area contributed by atoms with Crippen LogP contribution in [0.1, 0.15) is 37.7 Å². The van der Waals surface area contributed by atoms with Gasteiger partial charge in [0.25, 0.3) is 0 Å². The molecule has 1 aliphatic rings. The Bertz CT molecular complexity index is 582. The number of methoxy groups -OCH3 is 1. The van der Waals surface area contributed by atoms with Crippen LogP contribution in [0.4, 0.5) is 4.79 Å². The number of urea groups is 1. The molecule has 0 atom stereocenters. The van der Waals surface area contributed by atoms with Crippen LogP contribution in [-0.2, 0) is 10.2 Å². The van der Waals surface area contributed by atoms with Crippen LogP contribution in [0.15, 0.2) is 24.3 Å². The highest BCUT2D eigenvalue weighted by Gasteiger charge is 2.38. The van der Waals surface area contributed by atoms with Crippen LogP contribution in [0, 0.1) is 0 Å². The largest absolute Gasteiger partial charge is 0.496 e. The average Bonchev–Trinajstić information content (AvgIpc) is 3.07. The Hall–Kier alpha value is -2.24. The van der Waals surface area contributed by atoms with Gasteiger partial charge in [-0.05, 0) is 18.9 Å². The van der Waals surface area contributed by atoms with Gasteiger partial charge in [-0.25, -0.2) is 4.79 Å². The van der Waals surface area contributed by atoms with Crippen LogP contribution < -0.4 is 10.1 Å². The third kappa shape index (κ3) is 4.19. The van der Waals surface area contributed by atoms with Gasteiger partial charge in [0.05, 0.1) is 13.5 Å². The number of para-hydroxylation sites is 1. The van der Waals surface area contributed by atoms with Gasteiger partial charge in [-0.1, -0.05) is 31.0 Å². The molecule has 0 unspecified atom stereocenters. The van der Waals surface area contributed by atoms with Crippen LogP contribution in [0.5, 0.6) is 5.75 Å². The van der Waals surface area contributed by atoms with Gasteiger partial charge < -0.3 is 20.1 Å². The van der Waals surface area contributed by atoms with Gasteiger partial charge in [-0.15, -0.1) is 0 Å². The molecule has 1 saturated carbocycles. The molecule has 1 aliphatic carbocycles. The molecule has 0 radical (unpaired) electrons. The quantitative estimate of drug-likeness (QED) is 0.803. The van der Waals surface area contributed by atoms with Crippen molar-refractivity contribution >= 4 is 12.0 Å². The summed E-state index contributed by atoms with van der Waals surface area (Å²) in [5.74, 6) is -0.0520. The molecule has 0 heterocycles. The van der Waals surface area contributed by atoms with Crippen molar-refractivity contribution in [3.8, 4) is 5.75 Å². The Kier molecular flexibility index (Phi) is 6.06. The summed E-state index contributed by atoms with van der Waals surface area (Å²) in [5, 5.41) is 11.7. The van der Waals surface area contributed by atoms with E-state index in [1.165, 1.54) is 4.90 Å². The van der Waals surface area contributed by atoms with Gasteiger partial charge in [0, 0.05) is 31.1 Å². The van der Waals surface area contributed by atoms with Gasteiger partial charge in [-0.3, -0.25) is 4.79 Å².